The van der Waals surface area contributed by atoms with Crippen LogP contribution in [0.1, 0.15) is 38.4 Å². The fraction of sp³-hybridized carbons (Fsp3) is 0.733. The summed E-state index contributed by atoms with van der Waals surface area (Å²) in [4.78, 5) is 8.76. The second-order valence-electron chi connectivity index (χ2n) is 5.41. The first-order valence-electron chi connectivity index (χ1n) is 7.69. The molecule has 1 aromatic rings. The van der Waals surface area contributed by atoms with Gasteiger partial charge in [0.15, 0.2) is 0 Å². The minimum Gasteiger partial charge on any atom is -0.381 e. The molecule has 1 aliphatic carbocycles. The Morgan fingerprint density at radius 2 is 1.90 bits per heavy atom. The molecule has 0 aromatic carbocycles. The Bertz CT molecular complexity index is 407. The van der Waals surface area contributed by atoms with Crippen LogP contribution in [0.5, 0.6) is 0 Å². The van der Waals surface area contributed by atoms with E-state index in [2.05, 4.69) is 27.5 Å². The summed E-state index contributed by atoms with van der Waals surface area (Å²) < 4.78 is 5.61. The fourth-order valence-electron chi connectivity index (χ4n) is 1.93. The molecule has 1 heterocycles. The summed E-state index contributed by atoms with van der Waals surface area (Å²) in [6, 6.07) is 1.97. The summed E-state index contributed by atoms with van der Waals surface area (Å²) >= 11 is 0. The van der Waals surface area contributed by atoms with Crippen LogP contribution in [0.4, 0.5) is 11.6 Å². The minimum absolute atomic E-state index is 0.790. The lowest BCUT2D eigenvalue weighted by atomic mass is 10.4. The predicted octanol–water partition coefficient (Wildman–Crippen LogP) is 2.84. The Kier molecular flexibility index (Phi) is 6.05. The van der Waals surface area contributed by atoms with Gasteiger partial charge >= 0.3 is 0 Å². The number of nitrogens with one attached hydrogen (secondary N) is 2. The number of ether oxygens (including phenoxy) is 1. The zero-order chi connectivity index (χ0) is 14.2. The van der Waals surface area contributed by atoms with Crippen LogP contribution in [0.3, 0.4) is 0 Å². The highest BCUT2D eigenvalue weighted by atomic mass is 16.5. The van der Waals surface area contributed by atoms with Crippen LogP contribution in [0, 0.1) is 12.8 Å². The van der Waals surface area contributed by atoms with Gasteiger partial charge in [0, 0.05) is 32.4 Å². The van der Waals surface area contributed by atoms with E-state index in [0.29, 0.717) is 0 Å². The molecule has 0 spiro atoms. The van der Waals surface area contributed by atoms with E-state index in [0.717, 1.165) is 62.5 Å². The van der Waals surface area contributed by atoms with Gasteiger partial charge in [-0.05, 0) is 38.5 Å². The van der Waals surface area contributed by atoms with Crippen molar-refractivity contribution in [2.45, 2.75) is 39.5 Å². The molecule has 0 aliphatic heterocycles. The monoisotopic (exact) mass is 278 g/mol. The van der Waals surface area contributed by atoms with Gasteiger partial charge in [0.25, 0.3) is 0 Å². The molecule has 2 rings (SSSR count). The van der Waals surface area contributed by atoms with Crippen LogP contribution in [-0.4, -0.2) is 36.3 Å². The quantitative estimate of drug-likeness (QED) is 0.644. The average molecular weight is 278 g/mol. The fourth-order valence-corrected chi connectivity index (χ4v) is 1.93. The molecule has 0 saturated heterocycles. The Labute approximate surface area is 121 Å². The van der Waals surface area contributed by atoms with E-state index in [1.807, 2.05) is 13.0 Å². The van der Waals surface area contributed by atoms with Crippen LogP contribution < -0.4 is 10.6 Å². The van der Waals surface area contributed by atoms with Crippen molar-refractivity contribution >= 4 is 11.6 Å². The summed E-state index contributed by atoms with van der Waals surface area (Å²) in [5.41, 5.74) is 0. The minimum atomic E-state index is 0.790. The summed E-state index contributed by atoms with van der Waals surface area (Å²) in [7, 11) is 0. The third-order valence-electron chi connectivity index (χ3n) is 3.22. The van der Waals surface area contributed by atoms with E-state index in [4.69, 9.17) is 4.74 Å². The first-order chi connectivity index (χ1) is 9.78. The van der Waals surface area contributed by atoms with E-state index < -0.39 is 0 Å². The van der Waals surface area contributed by atoms with Gasteiger partial charge in [-0.25, -0.2) is 9.97 Å². The molecule has 0 unspecified atom stereocenters. The molecule has 0 atom stereocenters. The van der Waals surface area contributed by atoms with Gasteiger partial charge in [-0.1, -0.05) is 6.92 Å². The molecular weight excluding hydrogens is 252 g/mol. The third kappa shape index (κ3) is 5.74. The van der Waals surface area contributed by atoms with Gasteiger partial charge in [0.05, 0.1) is 0 Å². The molecule has 20 heavy (non-hydrogen) atoms. The second-order valence-corrected chi connectivity index (χ2v) is 5.41. The Balaban J connectivity index is 1.66. The van der Waals surface area contributed by atoms with Gasteiger partial charge in [-0.15, -0.1) is 0 Å². The van der Waals surface area contributed by atoms with Crippen LogP contribution in [0.15, 0.2) is 6.07 Å². The average Bonchev–Trinajstić information content (AvgIpc) is 3.24. The number of hydrogen-bond donors (Lipinski definition) is 2. The van der Waals surface area contributed by atoms with Crippen molar-refractivity contribution in [3.05, 3.63) is 11.9 Å². The van der Waals surface area contributed by atoms with Crippen molar-refractivity contribution in [3.63, 3.8) is 0 Å². The first kappa shape index (κ1) is 15.0. The number of anilines is 2. The maximum atomic E-state index is 5.61. The molecule has 1 fully saturated rings. The SMILES string of the molecule is CCCNc1cc(NCCCOCC2CC2)nc(C)n1. The summed E-state index contributed by atoms with van der Waals surface area (Å²) in [6.45, 7) is 7.65. The molecule has 112 valence electrons. The van der Waals surface area contributed by atoms with E-state index in [-0.39, 0.29) is 0 Å². The zero-order valence-electron chi connectivity index (χ0n) is 12.6. The highest BCUT2D eigenvalue weighted by molar-refractivity contribution is 5.47. The van der Waals surface area contributed by atoms with Gasteiger partial charge in [-0.3, -0.25) is 0 Å². The van der Waals surface area contributed by atoms with Crippen molar-refractivity contribution in [3.8, 4) is 0 Å². The highest BCUT2D eigenvalue weighted by Crippen LogP contribution is 2.28. The molecule has 1 aliphatic rings. The molecule has 1 saturated carbocycles. The van der Waals surface area contributed by atoms with E-state index in [1.165, 1.54) is 12.8 Å². The molecule has 2 N–H and O–H groups in total. The lowest BCUT2D eigenvalue weighted by Gasteiger charge is -2.10. The summed E-state index contributed by atoms with van der Waals surface area (Å²) in [5, 5.41) is 6.62. The second kappa shape index (κ2) is 8.04. The Morgan fingerprint density at radius 3 is 2.55 bits per heavy atom. The standard InChI is InChI=1S/C15H26N4O/c1-3-7-16-14-10-15(19-12(2)18-14)17-8-4-9-20-11-13-5-6-13/h10,13H,3-9,11H2,1-2H3,(H2,16,17,18,19). The number of aromatic nitrogens is 2. The van der Waals surface area contributed by atoms with E-state index >= 15 is 0 Å². The normalized spacial score (nSPS) is 14.3. The smallest absolute Gasteiger partial charge is 0.131 e. The topological polar surface area (TPSA) is 59.1 Å². The van der Waals surface area contributed by atoms with Crippen molar-refractivity contribution in [2.24, 2.45) is 5.92 Å². The summed E-state index contributed by atoms with van der Waals surface area (Å²) in [6.07, 6.45) is 4.80. The molecule has 0 radical (unpaired) electrons. The molecule has 0 amide bonds. The number of aryl methyl sites for hydroxylation is 1. The molecule has 0 bridgehead atoms. The lowest BCUT2D eigenvalue weighted by molar-refractivity contribution is 0.124. The van der Waals surface area contributed by atoms with Crippen LogP contribution >= 0.6 is 0 Å². The van der Waals surface area contributed by atoms with Gasteiger partial charge in [0.2, 0.25) is 0 Å². The van der Waals surface area contributed by atoms with E-state index in [1.54, 1.807) is 0 Å². The first-order valence-corrected chi connectivity index (χ1v) is 7.69. The van der Waals surface area contributed by atoms with Gasteiger partial charge in [0.1, 0.15) is 17.5 Å². The van der Waals surface area contributed by atoms with Gasteiger partial charge < -0.3 is 15.4 Å². The Hall–Kier alpha value is -1.36. The Morgan fingerprint density at radius 1 is 1.20 bits per heavy atom. The van der Waals surface area contributed by atoms with Gasteiger partial charge in [-0.2, -0.15) is 0 Å². The summed E-state index contributed by atoms with van der Waals surface area (Å²) in [5.74, 6) is 3.42. The van der Waals surface area contributed by atoms with Crippen LogP contribution in [0.2, 0.25) is 0 Å². The maximum Gasteiger partial charge on any atom is 0.131 e. The zero-order valence-corrected chi connectivity index (χ0v) is 12.6. The molecule has 5 heteroatoms. The van der Waals surface area contributed by atoms with Crippen molar-refractivity contribution < 1.29 is 4.74 Å². The predicted molar refractivity (Wildman–Crippen MR) is 82.2 cm³/mol. The largest absolute Gasteiger partial charge is 0.381 e. The van der Waals surface area contributed by atoms with Crippen molar-refractivity contribution in [1.82, 2.24) is 9.97 Å². The third-order valence-corrected chi connectivity index (χ3v) is 3.22. The van der Waals surface area contributed by atoms with E-state index in [9.17, 15) is 0 Å². The molecule has 5 nitrogen and oxygen atoms in total. The van der Waals surface area contributed by atoms with Crippen molar-refractivity contribution in [1.29, 1.82) is 0 Å². The van der Waals surface area contributed by atoms with Crippen molar-refractivity contribution in [2.75, 3.05) is 36.9 Å². The molecular formula is C15H26N4O. The number of nitrogens with zero attached hydrogens (tertiary/aromatic N) is 2. The lowest BCUT2D eigenvalue weighted by Crippen LogP contribution is -2.10. The highest BCUT2D eigenvalue weighted by Gasteiger charge is 2.20. The van der Waals surface area contributed by atoms with Crippen LogP contribution in [0.25, 0.3) is 0 Å². The maximum absolute atomic E-state index is 5.61. The van der Waals surface area contributed by atoms with Crippen LogP contribution in [-0.2, 0) is 4.74 Å². The molecule has 1 aromatic heterocycles. The number of hydrogen-bond acceptors (Lipinski definition) is 5. The number of rotatable bonds is 10.